The van der Waals surface area contributed by atoms with Crippen LogP contribution in [0.25, 0.3) is 0 Å². The maximum absolute atomic E-state index is 15.7. The quantitative estimate of drug-likeness (QED) is 0.140. The third-order valence-corrected chi connectivity index (χ3v) is 23.9. The van der Waals surface area contributed by atoms with Crippen LogP contribution in [-0.4, -0.2) is 289 Å². The first-order chi connectivity index (χ1) is 50.1. The van der Waals surface area contributed by atoms with Gasteiger partial charge >= 0.3 is 6.18 Å². The van der Waals surface area contributed by atoms with Crippen molar-refractivity contribution in [1.29, 1.82) is 0 Å². The minimum Gasteiger partial charge on any atom is -0.377 e. The lowest BCUT2D eigenvalue weighted by atomic mass is 9.58. The molecule has 0 aromatic heterocycles. The van der Waals surface area contributed by atoms with Crippen LogP contribution < -0.4 is 16.0 Å². The van der Waals surface area contributed by atoms with Gasteiger partial charge in [-0.25, -0.2) is 17.6 Å². The standard InChI is InChI=1S/C75H117F7N12O13/c1-15-43(4)61-70(104)88(10)40-59(97)90(12)53-25-19-18-22-32-93(69(53)103)56(35-44-26-29-47(30-27-44)63(78)79)68(102)87(9)39-57(95)83-51(31-28-45-33-49(76)60(50(77)34-45)75(80,81)82)66(100)94-38-48(107-17-3)36-54(94)65(99)85-74(41-73(5,6)42-74)72(106)92(14)62(46-23-20-21-24-46)71(105)91(13)55(67(101)86(7)8)37-58(96)89(11)52(16-2)64(98)84-61/h18-19,43-56,60-63H,15-17,20-42H2,1-14H3,(H,83,95)(H,84,98)(H,85,99)/b19-18-/t43-,44?,45?,47?,48+,49?,50?,51-,52-,53-,54-,55-,56-,60?,61-,62-/m0/s1. The van der Waals surface area contributed by atoms with Gasteiger partial charge < -0.3 is 64.8 Å². The molecule has 7 aliphatic rings. The molecule has 0 aromatic rings. The number of likely N-dealkylation sites (N-methyl/N-ethyl adjacent to an activating group) is 7. The lowest BCUT2D eigenvalue weighted by Gasteiger charge is -2.54. The van der Waals surface area contributed by atoms with Crippen molar-refractivity contribution in [2.75, 3.05) is 89.2 Å². The molecule has 3 N–H and O–H groups in total. The summed E-state index contributed by atoms with van der Waals surface area (Å²) in [5.41, 5.74) is -2.33. The van der Waals surface area contributed by atoms with Crippen molar-refractivity contribution >= 4 is 70.9 Å². The Morgan fingerprint density at radius 3 is 1.85 bits per heavy atom. The number of hydrogen-bond acceptors (Lipinski definition) is 13. The van der Waals surface area contributed by atoms with Gasteiger partial charge in [-0.1, -0.05) is 66.0 Å². The molecule has 4 saturated carbocycles. The summed E-state index contributed by atoms with van der Waals surface area (Å²) in [6.07, 6.45) is -10.1. The lowest BCUT2D eigenvalue weighted by molar-refractivity contribution is -0.219. The molecular weight excluding hydrogens is 1410 g/mol. The smallest absolute Gasteiger partial charge is 0.377 e. The highest BCUT2D eigenvalue weighted by molar-refractivity contribution is 6.01. The first-order valence-corrected chi connectivity index (χ1v) is 38.3. The fourth-order valence-corrected chi connectivity index (χ4v) is 17.7. The van der Waals surface area contributed by atoms with E-state index in [9.17, 15) is 50.7 Å². The molecule has 2 saturated heterocycles. The Labute approximate surface area is 625 Å². The van der Waals surface area contributed by atoms with E-state index in [1.165, 1.54) is 71.1 Å². The summed E-state index contributed by atoms with van der Waals surface area (Å²) >= 11 is 0. The molecule has 2 bridgehead atoms. The monoisotopic (exact) mass is 1530 g/mol. The number of rotatable bonds is 13. The Hall–Kier alpha value is -7.15. The highest BCUT2D eigenvalue weighted by Crippen LogP contribution is 2.50. The number of alkyl halides is 7. The van der Waals surface area contributed by atoms with Gasteiger partial charge in [0.15, 0.2) is 0 Å². The zero-order valence-electron chi connectivity index (χ0n) is 64.9. The zero-order chi connectivity index (χ0) is 79.6. The largest absolute Gasteiger partial charge is 0.397 e. The molecule has 604 valence electrons. The molecule has 25 nitrogen and oxygen atoms in total. The molecule has 32 heteroatoms. The van der Waals surface area contributed by atoms with E-state index in [4.69, 9.17) is 4.74 Å². The molecule has 12 amide bonds. The Balaban J connectivity index is 1.33. The van der Waals surface area contributed by atoms with Gasteiger partial charge in [-0.15, -0.1) is 0 Å². The van der Waals surface area contributed by atoms with E-state index in [2.05, 4.69) is 16.0 Å². The van der Waals surface area contributed by atoms with Crippen LogP contribution in [0.3, 0.4) is 0 Å². The molecule has 1 spiro atoms. The number of halogens is 7. The Morgan fingerprint density at radius 1 is 0.673 bits per heavy atom. The second kappa shape index (κ2) is 37.0. The summed E-state index contributed by atoms with van der Waals surface area (Å²) in [6, 6.07) is -11.2. The lowest BCUT2D eigenvalue weighted by Crippen LogP contribution is -2.71. The summed E-state index contributed by atoms with van der Waals surface area (Å²) in [4.78, 5) is 191. The third-order valence-electron chi connectivity index (χ3n) is 23.9. The topological polar surface area (TPSA) is 279 Å². The maximum Gasteiger partial charge on any atom is 0.397 e. The summed E-state index contributed by atoms with van der Waals surface area (Å²) < 4.78 is 107. The Morgan fingerprint density at radius 2 is 1.29 bits per heavy atom. The van der Waals surface area contributed by atoms with Crippen LogP contribution in [0.15, 0.2) is 12.2 Å². The molecule has 12 atom stereocenters. The average molecular weight is 1530 g/mol. The first-order valence-electron chi connectivity index (χ1n) is 38.3. The van der Waals surface area contributed by atoms with Crippen LogP contribution >= 0.6 is 0 Å². The molecule has 2 unspecified atom stereocenters. The van der Waals surface area contributed by atoms with Gasteiger partial charge in [-0.05, 0) is 139 Å². The van der Waals surface area contributed by atoms with E-state index in [1.54, 1.807) is 39.8 Å². The average Bonchev–Trinajstić information content (AvgIpc) is 1.31. The number of fused-ring (bicyclic) bond motifs is 3. The van der Waals surface area contributed by atoms with Crippen LogP contribution in [0.4, 0.5) is 30.7 Å². The van der Waals surface area contributed by atoms with Gasteiger partial charge in [0, 0.05) is 88.4 Å². The molecule has 6 fully saturated rings. The van der Waals surface area contributed by atoms with Crippen molar-refractivity contribution in [2.45, 2.75) is 261 Å². The van der Waals surface area contributed by atoms with Crippen LogP contribution in [0.1, 0.15) is 176 Å². The molecular formula is C75H117F7N12O13. The van der Waals surface area contributed by atoms with Crippen molar-refractivity contribution in [3.8, 4) is 0 Å². The van der Waals surface area contributed by atoms with Crippen molar-refractivity contribution in [3.05, 3.63) is 12.2 Å². The van der Waals surface area contributed by atoms with E-state index in [-0.39, 0.29) is 96.7 Å². The maximum atomic E-state index is 15.7. The predicted molar refractivity (Wildman–Crippen MR) is 381 cm³/mol. The van der Waals surface area contributed by atoms with Crippen molar-refractivity contribution in [2.24, 2.45) is 40.9 Å². The van der Waals surface area contributed by atoms with E-state index >= 15 is 37.5 Å². The summed E-state index contributed by atoms with van der Waals surface area (Å²) in [5.74, 6) is -15.6. The van der Waals surface area contributed by atoms with Crippen molar-refractivity contribution < 1.29 is 93.0 Å². The fraction of sp³-hybridized carbons (Fsp3) is 0.813. The van der Waals surface area contributed by atoms with E-state index in [1.807, 2.05) is 13.8 Å². The van der Waals surface area contributed by atoms with Gasteiger partial charge in [0.05, 0.1) is 25.6 Å². The van der Waals surface area contributed by atoms with Crippen molar-refractivity contribution in [1.82, 2.24) is 60.0 Å². The second-order valence-electron chi connectivity index (χ2n) is 32.5. The molecule has 4 aliphatic carbocycles. The Bertz CT molecular complexity index is 3200. The van der Waals surface area contributed by atoms with Gasteiger partial charge in [-0.2, -0.15) is 13.2 Å². The van der Waals surface area contributed by atoms with E-state index in [0.29, 0.717) is 32.1 Å². The molecule has 3 aliphatic heterocycles. The van der Waals surface area contributed by atoms with Crippen LogP contribution in [-0.2, 0) is 62.3 Å². The van der Waals surface area contributed by atoms with Gasteiger partial charge in [0.1, 0.15) is 72.1 Å². The number of hydrogen-bond donors (Lipinski definition) is 3. The number of nitrogens with one attached hydrogen (secondary N) is 3. The van der Waals surface area contributed by atoms with Crippen molar-refractivity contribution in [3.63, 3.8) is 0 Å². The Kier molecular flexibility index (Phi) is 30.1. The number of amides is 12. The summed E-state index contributed by atoms with van der Waals surface area (Å²) in [7, 11) is 11.0. The number of nitrogens with zero attached hydrogens (tertiary/aromatic N) is 9. The predicted octanol–water partition coefficient (Wildman–Crippen LogP) is 6.05. The first kappa shape index (κ1) is 87.1. The van der Waals surface area contributed by atoms with Gasteiger partial charge in [0.25, 0.3) is 0 Å². The molecule has 0 radical (unpaired) electrons. The van der Waals surface area contributed by atoms with E-state index in [0.717, 1.165) is 29.4 Å². The minimum absolute atomic E-state index is 0.00873. The van der Waals surface area contributed by atoms with Crippen LogP contribution in [0.5, 0.6) is 0 Å². The second-order valence-corrected chi connectivity index (χ2v) is 32.5. The molecule has 3 heterocycles. The SMILES string of the molecule is CCO[C@@H]1C[C@H]2C(=O)NC3(CC(C)(C)C3)C(=O)N(C)[C@@H](C3CCCC3)C(=O)N(C)[C@H](C(=O)N(C)C)CC(=O)N(C)[C@@H](CC)C(=O)N[C@@H]([C@@H](C)CC)C(=O)N(C)CC(=O)N(C)[C@H]3C/C=C\CCN(C3=O)[C@@H](CC3CCC(C(F)F)CC3)C(=O)N(C)CC(=O)N[C@@H](CCC3CC(F)C(C(F)(F)F)C(F)C3)C(=O)N2C1. The summed E-state index contributed by atoms with van der Waals surface area (Å²) in [5, 5.41) is 8.47. The number of carbonyl (C=O) groups excluding carboxylic acids is 12. The fourth-order valence-electron chi connectivity index (χ4n) is 17.7. The summed E-state index contributed by atoms with van der Waals surface area (Å²) in [6.45, 7) is 8.81. The van der Waals surface area contributed by atoms with Gasteiger partial charge in [0.2, 0.25) is 77.3 Å². The minimum atomic E-state index is -5.21. The number of ether oxygens (including phenoxy) is 1. The van der Waals surface area contributed by atoms with Gasteiger partial charge in [-0.3, -0.25) is 57.5 Å². The zero-order valence-corrected chi connectivity index (χ0v) is 64.9. The molecule has 7 rings (SSSR count). The van der Waals surface area contributed by atoms with Crippen LogP contribution in [0.2, 0.25) is 0 Å². The highest BCUT2D eigenvalue weighted by Gasteiger charge is 2.60. The molecule has 107 heavy (non-hydrogen) atoms. The van der Waals surface area contributed by atoms with E-state index < -0.39 is 236 Å². The normalized spacial score (nSPS) is 32.5. The third kappa shape index (κ3) is 20.9. The number of carbonyl (C=O) groups is 12. The van der Waals surface area contributed by atoms with Crippen LogP contribution in [0, 0.1) is 40.9 Å². The highest BCUT2D eigenvalue weighted by atomic mass is 19.4. The molecule has 0 aromatic carbocycles.